The Morgan fingerprint density at radius 3 is 2.87 bits per heavy atom. The van der Waals surface area contributed by atoms with Crippen LogP contribution in [0.15, 0.2) is 54.7 Å². The molecule has 0 unspecified atom stereocenters. The van der Waals surface area contributed by atoms with Gasteiger partial charge >= 0.3 is 0 Å². The van der Waals surface area contributed by atoms with E-state index in [-0.39, 0.29) is 11.8 Å². The lowest BCUT2D eigenvalue weighted by Gasteiger charge is -2.31. The van der Waals surface area contributed by atoms with Gasteiger partial charge in [0, 0.05) is 19.0 Å². The molecule has 152 valence electrons. The Bertz CT molecular complexity index is 1160. The number of aromatic nitrogens is 5. The molecule has 0 aliphatic carbocycles. The first-order valence-electron chi connectivity index (χ1n) is 10.4. The molecule has 1 saturated heterocycles. The second kappa shape index (κ2) is 7.74. The van der Waals surface area contributed by atoms with Crippen LogP contribution < -0.4 is 0 Å². The Morgan fingerprint density at radius 1 is 1.17 bits per heavy atom. The van der Waals surface area contributed by atoms with Gasteiger partial charge in [0.15, 0.2) is 5.69 Å². The number of hydrogen-bond donors (Lipinski definition) is 1. The van der Waals surface area contributed by atoms with Gasteiger partial charge < -0.3 is 9.88 Å². The van der Waals surface area contributed by atoms with Crippen molar-refractivity contribution in [2.75, 3.05) is 13.1 Å². The monoisotopic (exact) mass is 400 g/mol. The Kier molecular flexibility index (Phi) is 4.78. The summed E-state index contributed by atoms with van der Waals surface area (Å²) >= 11 is 0. The first-order valence-corrected chi connectivity index (χ1v) is 10.4. The summed E-state index contributed by atoms with van der Waals surface area (Å²) in [6.45, 7) is 4.06. The van der Waals surface area contributed by atoms with Gasteiger partial charge in [-0.2, -0.15) is 0 Å². The number of amides is 1. The molecule has 1 fully saturated rings. The zero-order valence-electron chi connectivity index (χ0n) is 17.0. The van der Waals surface area contributed by atoms with E-state index in [1.54, 1.807) is 10.9 Å². The van der Waals surface area contributed by atoms with Gasteiger partial charge in [-0.15, -0.1) is 5.10 Å². The minimum atomic E-state index is -0.0631. The number of rotatable bonds is 4. The fraction of sp³-hybridized carbons (Fsp3) is 0.304. The largest absolute Gasteiger partial charge is 0.342 e. The summed E-state index contributed by atoms with van der Waals surface area (Å²) in [6, 6.07) is 16.2. The first kappa shape index (κ1) is 18.5. The first-order chi connectivity index (χ1) is 14.7. The number of piperidine rings is 1. The Balaban J connectivity index is 1.30. The molecule has 3 heterocycles. The molecule has 1 amide bonds. The van der Waals surface area contributed by atoms with Crippen molar-refractivity contribution in [1.82, 2.24) is 29.9 Å². The quantitative estimate of drug-likeness (QED) is 0.568. The minimum Gasteiger partial charge on any atom is -0.342 e. The highest BCUT2D eigenvalue weighted by Crippen LogP contribution is 2.27. The molecule has 0 spiro atoms. The molecule has 0 bridgehead atoms. The molecule has 1 atom stereocenters. The van der Waals surface area contributed by atoms with Crippen LogP contribution in [0.3, 0.4) is 0 Å². The summed E-state index contributed by atoms with van der Waals surface area (Å²) in [7, 11) is 0. The SMILES string of the molecule is Cc1ccccc1Cn1cc(C(=O)N2CCC[C@H](c3nc4ccccc4[nH]3)C2)nn1. The van der Waals surface area contributed by atoms with E-state index < -0.39 is 0 Å². The number of carbonyl (C=O) groups excluding carboxylic acids is 1. The summed E-state index contributed by atoms with van der Waals surface area (Å²) in [5.74, 6) is 1.10. The predicted octanol–water partition coefficient (Wildman–Crippen LogP) is 3.53. The zero-order valence-corrected chi connectivity index (χ0v) is 17.0. The Morgan fingerprint density at radius 2 is 2.00 bits per heavy atom. The number of likely N-dealkylation sites (tertiary alicyclic amines) is 1. The van der Waals surface area contributed by atoms with Gasteiger partial charge in [0.25, 0.3) is 5.91 Å². The molecule has 30 heavy (non-hydrogen) atoms. The lowest BCUT2D eigenvalue weighted by atomic mass is 9.97. The number of nitrogens with zero attached hydrogens (tertiary/aromatic N) is 5. The van der Waals surface area contributed by atoms with Crippen LogP contribution in [-0.4, -0.2) is 48.9 Å². The van der Waals surface area contributed by atoms with E-state index in [2.05, 4.69) is 34.4 Å². The Hall–Kier alpha value is -3.48. The zero-order chi connectivity index (χ0) is 20.5. The Labute approximate surface area is 174 Å². The van der Waals surface area contributed by atoms with Crippen LogP contribution in [-0.2, 0) is 6.54 Å². The molecule has 2 aromatic heterocycles. The highest BCUT2D eigenvalue weighted by atomic mass is 16.2. The third kappa shape index (κ3) is 3.58. The number of aromatic amines is 1. The molecular formula is C23H24N6O. The third-order valence-electron chi connectivity index (χ3n) is 5.85. The van der Waals surface area contributed by atoms with Crippen molar-refractivity contribution < 1.29 is 4.79 Å². The van der Waals surface area contributed by atoms with Crippen molar-refractivity contribution in [2.24, 2.45) is 0 Å². The van der Waals surface area contributed by atoms with Crippen molar-refractivity contribution in [2.45, 2.75) is 32.2 Å². The molecule has 2 aromatic carbocycles. The molecule has 7 nitrogen and oxygen atoms in total. The number of H-pyrrole nitrogens is 1. The molecule has 7 heteroatoms. The number of carbonyl (C=O) groups is 1. The van der Waals surface area contributed by atoms with Crippen LogP contribution in [0.1, 0.15) is 46.2 Å². The highest BCUT2D eigenvalue weighted by Gasteiger charge is 2.28. The summed E-state index contributed by atoms with van der Waals surface area (Å²) in [5, 5.41) is 8.32. The molecule has 1 aliphatic heterocycles. The molecule has 5 rings (SSSR count). The van der Waals surface area contributed by atoms with Crippen LogP contribution in [0.5, 0.6) is 0 Å². The molecule has 1 N–H and O–H groups in total. The molecule has 4 aromatic rings. The molecule has 0 radical (unpaired) electrons. The summed E-state index contributed by atoms with van der Waals surface area (Å²) in [4.78, 5) is 23.1. The minimum absolute atomic E-state index is 0.0631. The van der Waals surface area contributed by atoms with E-state index in [9.17, 15) is 4.79 Å². The van der Waals surface area contributed by atoms with Gasteiger partial charge in [0.05, 0.1) is 23.8 Å². The number of fused-ring (bicyclic) bond motifs is 1. The average Bonchev–Trinajstić information content (AvgIpc) is 3.42. The maximum absolute atomic E-state index is 13.1. The topological polar surface area (TPSA) is 79.7 Å². The van der Waals surface area contributed by atoms with Gasteiger partial charge in [0.1, 0.15) is 5.82 Å². The maximum Gasteiger partial charge on any atom is 0.276 e. The van der Waals surface area contributed by atoms with E-state index in [1.165, 1.54) is 11.1 Å². The average molecular weight is 400 g/mol. The van der Waals surface area contributed by atoms with Crippen molar-refractivity contribution in [3.63, 3.8) is 0 Å². The van der Waals surface area contributed by atoms with Crippen molar-refractivity contribution in [1.29, 1.82) is 0 Å². The van der Waals surface area contributed by atoms with Gasteiger partial charge in [0.2, 0.25) is 0 Å². The lowest BCUT2D eigenvalue weighted by molar-refractivity contribution is 0.0699. The van der Waals surface area contributed by atoms with Crippen LogP contribution >= 0.6 is 0 Å². The van der Waals surface area contributed by atoms with Crippen LogP contribution in [0.4, 0.5) is 0 Å². The molecular weight excluding hydrogens is 376 g/mol. The van der Waals surface area contributed by atoms with E-state index in [0.717, 1.165) is 36.2 Å². The van der Waals surface area contributed by atoms with Crippen LogP contribution in [0.25, 0.3) is 11.0 Å². The fourth-order valence-corrected chi connectivity index (χ4v) is 4.15. The van der Waals surface area contributed by atoms with Crippen LogP contribution in [0.2, 0.25) is 0 Å². The highest BCUT2D eigenvalue weighted by molar-refractivity contribution is 5.92. The van der Waals surface area contributed by atoms with Gasteiger partial charge in [-0.3, -0.25) is 4.79 Å². The summed E-state index contributed by atoms with van der Waals surface area (Å²) in [5.41, 5.74) is 4.77. The van der Waals surface area contributed by atoms with E-state index >= 15 is 0 Å². The lowest BCUT2D eigenvalue weighted by Crippen LogP contribution is -2.39. The summed E-state index contributed by atoms with van der Waals surface area (Å²) in [6.07, 6.45) is 3.72. The number of para-hydroxylation sites is 2. The molecule has 0 saturated carbocycles. The second-order valence-electron chi connectivity index (χ2n) is 7.96. The van der Waals surface area contributed by atoms with E-state index in [0.29, 0.717) is 18.8 Å². The number of nitrogens with one attached hydrogen (secondary N) is 1. The fourth-order valence-electron chi connectivity index (χ4n) is 4.15. The number of imidazole rings is 1. The normalized spacial score (nSPS) is 16.8. The van der Waals surface area contributed by atoms with E-state index in [1.807, 2.05) is 41.3 Å². The smallest absolute Gasteiger partial charge is 0.276 e. The van der Waals surface area contributed by atoms with Crippen molar-refractivity contribution in [3.8, 4) is 0 Å². The number of benzene rings is 2. The van der Waals surface area contributed by atoms with Crippen molar-refractivity contribution >= 4 is 16.9 Å². The second-order valence-corrected chi connectivity index (χ2v) is 7.96. The van der Waals surface area contributed by atoms with Gasteiger partial charge in [-0.1, -0.05) is 41.6 Å². The van der Waals surface area contributed by atoms with Crippen molar-refractivity contribution in [3.05, 3.63) is 77.4 Å². The third-order valence-corrected chi connectivity index (χ3v) is 5.85. The van der Waals surface area contributed by atoms with Gasteiger partial charge in [-0.25, -0.2) is 9.67 Å². The number of hydrogen-bond acceptors (Lipinski definition) is 4. The molecule has 1 aliphatic rings. The number of aryl methyl sites for hydroxylation is 1. The maximum atomic E-state index is 13.1. The predicted molar refractivity (Wildman–Crippen MR) is 114 cm³/mol. The summed E-state index contributed by atoms with van der Waals surface area (Å²) < 4.78 is 1.73. The van der Waals surface area contributed by atoms with Crippen LogP contribution in [0, 0.1) is 6.92 Å². The van der Waals surface area contributed by atoms with E-state index in [4.69, 9.17) is 4.98 Å². The standard InChI is InChI=1S/C23H24N6O/c1-16-7-2-3-8-17(16)14-29-15-21(26-27-29)23(30)28-12-6-9-18(13-28)22-24-19-10-4-5-11-20(19)25-22/h2-5,7-8,10-11,15,18H,6,9,12-14H2,1H3,(H,24,25)/t18-/m0/s1. The van der Waals surface area contributed by atoms with Gasteiger partial charge in [-0.05, 0) is 43.0 Å².